The van der Waals surface area contributed by atoms with Gasteiger partial charge in [0.05, 0.1) is 16.3 Å². The molecule has 0 unspecified atom stereocenters. The van der Waals surface area contributed by atoms with Crippen LogP contribution in [0.25, 0.3) is 0 Å². The lowest BCUT2D eigenvalue weighted by molar-refractivity contribution is 0.102. The van der Waals surface area contributed by atoms with E-state index in [9.17, 15) is 9.18 Å². The number of hydrogen-bond acceptors (Lipinski definition) is 2. The molecule has 1 N–H and O–H groups in total. The molecule has 0 aliphatic heterocycles. The average Bonchev–Trinajstić information content (AvgIpc) is 2.35. The number of rotatable bonds is 2. The predicted octanol–water partition coefficient (Wildman–Crippen LogP) is 4.33. The van der Waals surface area contributed by atoms with Crippen molar-refractivity contribution < 1.29 is 9.18 Å². The van der Waals surface area contributed by atoms with Crippen molar-refractivity contribution in [2.24, 2.45) is 0 Å². The maximum Gasteiger partial charge on any atom is 0.258 e. The molecular weight excluding hydrogens is 285 g/mol. The average molecular weight is 296 g/mol. The quantitative estimate of drug-likeness (QED) is 0.793. The van der Waals surface area contributed by atoms with E-state index in [1.807, 2.05) is 13.0 Å². The molecule has 0 bridgehead atoms. The molecule has 0 aliphatic rings. The van der Waals surface area contributed by atoms with E-state index in [1.165, 1.54) is 18.2 Å². The van der Waals surface area contributed by atoms with Gasteiger partial charge in [-0.05, 0) is 42.8 Å². The maximum absolute atomic E-state index is 13.6. The Morgan fingerprint density at radius 1 is 1.26 bits per heavy atom. The molecule has 0 atom stereocenters. The molecule has 2 aromatic rings. The fraction of sp³-hybridized carbons (Fsp3) is 0.0714. The summed E-state index contributed by atoms with van der Waals surface area (Å²) in [6.07, 6.45) is 0. The summed E-state index contributed by atoms with van der Waals surface area (Å²) in [5, 5.41) is 2.99. The van der Waals surface area contributed by atoms with E-state index in [0.29, 0.717) is 15.6 Å². The molecule has 0 aliphatic carbocycles. The molecule has 0 aromatic heterocycles. The Balaban J connectivity index is 2.28. The normalized spacial score (nSPS) is 10.3. The third kappa shape index (κ3) is 3.28. The van der Waals surface area contributed by atoms with Gasteiger partial charge in [-0.15, -0.1) is 12.6 Å². The molecule has 0 spiro atoms. The van der Waals surface area contributed by atoms with E-state index in [2.05, 4.69) is 17.9 Å². The number of halogens is 2. The van der Waals surface area contributed by atoms with Crippen LogP contribution in [0.2, 0.25) is 5.02 Å². The van der Waals surface area contributed by atoms with Crippen molar-refractivity contribution in [2.75, 3.05) is 5.32 Å². The van der Waals surface area contributed by atoms with E-state index < -0.39 is 11.7 Å². The largest absolute Gasteiger partial charge is 0.321 e. The Labute approximate surface area is 121 Å². The number of hydrogen-bond donors (Lipinski definition) is 2. The van der Waals surface area contributed by atoms with Crippen molar-refractivity contribution in [3.63, 3.8) is 0 Å². The van der Waals surface area contributed by atoms with Gasteiger partial charge < -0.3 is 5.32 Å². The Bertz CT molecular complexity index is 645. The smallest absolute Gasteiger partial charge is 0.258 e. The van der Waals surface area contributed by atoms with E-state index in [4.69, 9.17) is 11.6 Å². The van der Waals surface area contributed by atoms with E-state index >= 15 is 0 Å². The van der Waals surface area contributed by atoms with Crippen LogP contribution in [0.15, 0.2) is 41.3 Å². The molecule has 19 heavy (non-hydrogen) atoms. The van der Waals surface area contributed by atoms with Gasteiger partial charge in [0.25, 0.3) is 5.91 Å². The highest BCUT2D eigenvalue weighted by Crippen LogP contribution is 2.24. The van der Waals surface area contributed by atoms with Crippen molar-refractivity contribution >= 4 is 35.8 Å². The van der Waals surface area contributed by atoms with Gasteiger partial charge in [0, 0.05) is 4.90 Å². The van der Waals surface area contributed by atoms with Gasteiger partial charge in [0.15, 0.2) is 0 Å². The number of amides is 1. The SMILES string of the molecule is Cc1ccc(NC(=O)c2cc(S)ccc2F)c(Cl)c1. The topological polar surface area (TPSA) is 29.1 Å². The molecule has 0 heterocycles. The zero-order valence-corrected chi connectivity index (χ0v) is 11.7. The van der Waals surface area contributed by atoms with Crippen LogP contribution in [0.4, 0.5) is 10.1 Å². The summed E-state index contributed by atoms with van der Waals surface area (Å²) in [6, 6.07) is 9.27. The highest BCUT2D eigenvalue weighted by atomic mass is 35.5. The lowest BCUT2D eigenvalue weighted by Crippen LogP contribution is -2.14. The van der Waals surface area contributed by atoms with E-state index in [-0.39, 0.29) is 5.56 Å². The summed E-state index contributed by atoms with van der Waals surface area (Å²) >= 11 is 10.1. The lowest BCUT2D eigenvalue weighted by Gasteiger charge is -2.09. The number of nitrogens with one attached hydrogen (secondary N) is 1. The van der Waals surface area contributed by atoms with Crippen LogP contribution < -0.4 is 5.32 Å². The molecule has 2 rings (SSSR count). The second-order valence-corrected chi connectivity index (χ2v) is 5.03. The van der Waals surface area contributed by atoms with Crippen molar-refractivity contribution in [1.82, 2.24) is 0 Å². The van der Waals surface area contributed by atoms with Crippen molar-refractivity contribution in [3.8, 4) is 0 Å². The van der Waals surface area contributed by atoms with Gasteiger partial charge in [0.1, 0.15) is 5.82 Å². The van der Waals surface area contributed by atoms with Gasteiger partial charge in [-0.2, -0.15) is 0 Å². The summed E-state index contributed by atoms with van der Waals surface area (Å²) in [5.74, 6) is -1.15. The summed E-state index contributed by atoms with van der Waals surface area (Å²) in [4.78, 5) is 12.5. The number of thiol groups is 1. The van der Waals surface area contributed by atoms with Crippen molar-refractivity contribution in [3.05, 3.63) is 58.4 Å². The fourth-order valence-corrected chi connectivity index (χ4v) is 2.08. The van der Waals surface area contributed by atoms with Crippen LogP contribution in [-0.2, 0) is 0 Å². The fourth-order valence-electron chi connectivity index (χ4n) is 1.60. The van der Waals surface area contributed by atoms with Gasteiger partial charge >= 0.3 is 0 Å². The Kier molecular flexibility index (Phi) is 4.12. The number of anilines is 1. The molecule has 1 amide bonds. The van der Waals surface area contributed by atoms with Crippen LogP contribution in [0.3, 0.4) is 0 Å². The Morgan fingerprint density at radius 2 is 2.00 bits per heavy atom. The van der Waals surface area contributed by atoms with Crippen LogP contribution in [0.5, 0.6) is 0 Å². The molecule has 0 fully saturated rings. The van der Waals surface area contributed by atoms with Crippen LogP contribution in [0.1, 0.15) is 15.9 Å². The third-order valence-corrected chi connectivity index (χ3v) is 3.16. The lowest BCUT2D eigenvalue weighted by atomic mass is 10.2. The maximum atomic E-state index is 13.6. The second kappa shape index (κ2) is 5.63. The first-order chi connectivity index (χ1) is 8.97. The molecule has 98 valence electrons. The molecular formula is C14H11ClFNOS. The zero-order chi connectivity index (χ0) is 14.0. The first-order valence-corrected chi connectivity index (χ1v) is 6.36. The van der Waals surface area contributed by atoms with E-state index in [0.717, 1.165) is 5.56 Å². The minimum absolute atomic E-state index is 0.0656. The van der Waals surface area contributed by atoms with Crippen molar-refractivity contribution in [1.29, 1.82) is 0 Å². The molecule has 0 radical (unpaired) electrons. The van der Waals surface area contributed by atoms with Gasteiger partial charge in [-0.25, -0.2) is 4.39 Å². The van der Waals surface area contributed by atoms with Gasteiger partial charge in [0.2, 0.25) is 0 Å². The molecule has 5 heteroatoms. The first kappa shape index (κ1) is 13.9. The summed E-state index contributed by atoms with van der Waals surface area (Å²) in [7, 11) is 0. The Hall–Kier alpha value is -1.52. The predicted molar refractivity (Wildman–Crippen MR) is 77.8 cm³/mol. The van der Waals surface area contributed by atoms with E-state index in [1.54, 1.807) is 12.1 Å². The van der Waals surface area contributed by atoms with Crippen LogP contribution in [0, 0.1) is 12.7 Å². The number of benzene rings is 2. The monoisotopic (exact) mass is 295 g/mol. The molecule has 2 aromatic carbocycles. The highest BCUT2D eigenvalue weighted by Gasteiger charge is 2.13. The third-order valence-electron chi connectivity index (χ3n) is 2.57. The minimum Gasteiger partial charge on any atom is -0.321 e. The minimum atomic E-state index is -0.599. The highest BCUT2D eigenvalue weighted by molar-refractivity contribution is 7.80. The van der Waals surface area contributed by atoms with Crippen molar-refractivity contribution in [2.45, 2.75) is 11.8 Å². The first-order valence-electron chi connectivity index (χ1n) is 5.53. The summed E-state index contributed by atoms with van der Waals surface area (Å²) < 4.78 is 13.6. The summed E-state index contributed by atoms with van der Waals surface area (Å²) in [6.45, 7) is 1.89. The van der Waals surface area contributed by atoms with Crippen LogP contribution in [-0.4, -0.2) is 5.91 Å². The number of aryl methyl sites for hydroxylation is 1. The van der Waals surface area contributed by atoms with Gasteiger partial charge in [-0.3, -0.25) is 4.79 Å². The Morgan fingerprint density at radius 3 is 2.68 bits per heavy atom. The van der Waals surface area contributed by atoms with Crippen LogP contribution >= 0.6 is 24.2 Å². The number of carbonyl (C=O) groups excluding carboxylic acids is 1. The zero-order valence-electron chi connectivity index (χ0n) is 10.1. The standard InChI is InChI=1S/C14H11ClFNOS/c1-8-2-5-13(11(15)6-8)17-14(18)10-7-9(19)3-4-12(10)16/h2-7,19H,1H3,(H,17,18). The molecule has 2 nitrogen and oxygen atoms in total. The molecule has 0 saturated heterocycles. The molecule has 0 saturated carbocycles. The second-order valence-electron chi connectivity index (χ2n) is 4.10. The number of carbonyl (C=O) groups is 1. The summed E-state index contributed by atoms with van der Waals surface area (Å²) in [5.41, 5.74) is 1.36. The van der Waals surface area contributed by atoms with Gasteiger partial charge in [-0.1, -0.05) is 17.7 Å².